The highest BCUT2D eigenvalue weighted by Crippen LogP contribution is 2.30. The van der Waals surface area contributed by atoms with E-state index in [1.807, 2.05) is 38.1 Å². The summed E-state index contributed by atoms with van der Waals surface area (Å²) in [5.41, 5.74) is 12.5. The molecule has 0 fully saturated rings. The van der Waals surface area contributed by atoms with E-state index in [-0.39, 0.29) is 11.9 Å². The van der Waals surface area contributed by atoms with E-state index in [2.05, 4.69) is 15.3 Å². The van der Waals surface area contributed by atoms with Crippen molar-refractivity contribution in [1.82, 2.24) is 0 Å². The third kappa shape index (κ3) is 7.22. The summed E-state index contributed by atoms with van der Waals surface area (Å²) >= 11 is 0. The van der Waals surface area contributed by atoms with Crippen molar-refractivity contribution < 1.29 is 24.2 Å². The molecule has 11 nitrogen and oxygen atoms in total. The SMILES string of the molecule is CC1(C)N=C(N)N=C(N)N1c1cccc(OCCCOc2ccc(NC(=O)/C=C/C(=O)O)cc2)c1. The quantitative estimate of drug-likeness (QED) is 0.297. The number of guanidine groups is 2. The number of carbonyl (C=O) groups is 2. The molecule has 1 amide bonds. The average molecular weight is 481 g/mol. The van der Waals surface area contributed by atoms with Crippen LogP contribution in [0, 0.1) is 0 Å². The van der Waals surface area contributed by atoms with Crippen LogP contribution in [0.3, 0.4) is 0 Å². The number of amides is 1. The van der Waals surface area contributed by atoms with Gasteiger partial charge in [0.2, 0.25) is 17.8 Å². The molecule has 0 saturated carbocycles. The Kier molecular flexibility index (Phi) is 7.92. The second-order valence-electron chi connectivity index (χ2n) is 8.00. The van der Waals surface area contributed by atoms with Crippen LogP contribution < -0.4 is 31.2 Å². The monoisotopic (exact) mass is 480 g/mol. The maximum Gasteiger partial charge on any atom is 0.328 e. The topological polar surface area (TPSA) is 165 Å². The van der Waals surface area contributed by atoms with E-state index in [1.165, 1.54) is 0 Å². The lowest BCUT2D eigenvalue weighted by Gasteiger charge is -2.38. The zero-order chi connectivity index (χ0) is 25.4. The van der Waals surface area contributed by atoms with Crippen LogP contribution in [-0.2, 0) is 9.59 Å². The van der Waals surface area contributed by atoms with Gasteiger partial charge in [0.15, 0.2) is 0 Å². The molecule has 0 bridgehead atoms. The molecule has 0 radical (unpaired) electrons. The molecule has 0 aromatic heterocycles. The van der Waals surface area contributed by atoms with Crippen LogP contribution in [0.1, 0.15) is 20.3 Å². The van der Waals surface area contributed by atoms with E-state index in [9.17, 15) is 9.59 Å². The van der Waals surface area contributed by atoms with Crippen LogP contribution in [0.2, 0.25) is 0 Å². The Morgan fingerprint density at radius 2 is 1.74 bits per heavy atom. The lowest BCUT2D eigenvalue weighted by Crippen LogP contribution is -2.54. The number of carboxylic acid groups (broad SMARTS) is 1. The third-order valence-corrected chi connectivity index (χ3v) is 4.79. The predicted molar refractivity (Wildman–Crippen MR) is 134 cm³/mol. The molecular weight excluding hydrogens is 452 g/mol. The molecule has 184 valence electrons. The van der Waals surface area contributed by atoms with E-state index < -0.39 is 17.5 Å². The minimum absolute atomic E-state index is 0.142. The zero-order valence-electron chi connectivity index (χ0n) is 19.5. The first-order valence-electron chi connectivity index (χ1n) is 10.8. The number of nitrogens with one attached hydrogen (secondary N) is 1. The van der Waals surface area contributed by atoms with Crippen molar-refractivity contribution in [3.63, 3.8) is 0 Å². The second kappa shape index (κ2) is 11.1. The molecule has 0 atom stereocenters. The molecule has 6 N–H and O–H groups in total. The number of nitrogens with zero attached hydrogens (tertiary/aromatic N) is 3. The number of rotatable bonds is 10. The van der Waals surface area contributed by atoms with E-state index in [0.717, 1.165) is 17.8 Å². The van der Waals surface area contributed by atoms with Gasteiger partial charge in [0.25, 0.3) is 0 Å². The minimum Gasteiger partial charge on any atom is -0.493 e. The molecular formula is C24H28N6O5. The van der Waals surface area contributed by atoms with E-state index in [4.69, 9.17) is 26.0 Å². The van der Waals surface area contributed by atoms with Crippen LogP contribution in [0.5, 0.6) is 11.5 Å². The number of hydrogen-bond donors (Lipinski definition) is 4. The van der Waals surface area contributed by atoms with Crippen molar-refractivity contribution in [3.05, 3.63) is 60.7 Å². The van der Waals surface area contributed by atoms with Crippen molar-refractivity contribution in [2.24, 2.45) is 21.5 Å². The van der Waals surface area contributed by atoms with Crippen molar-refractivity contribution in [2.45, 2.75) is 25.9 Å². The Labute approximate surface area is 202 Å². The summed E-state index contributed by atoms with van der Waals surface area (Å²) in [5, 5.41) is 11.1. The summed E-state index contributed by atoms with van der Waals surface area (Å²) in [7, 11) is 0. The fraction of sp³-hybridized carbons (Fsp3) is 0.250. The molecule has 1 heterocycles. The first-order valence-corrected chi connectivity index (χ1v) is 10.8. The van der Waals surface area contributed by atoms with Gasteiger partial charge in [-0.15, -0.1) is 0 Å². The molecule has 0 spiro atoms. The van der Waals surface area contributed by atoms with E-state index in [0.29, 0.717) is 36.8 Å². The summed E-state index contributed by atoms with van der Waals surface area (Å²) < 4.78 is 11.6. The van der Waals surface area contributed by atoms with Crippen molar-refractivity contribution >= 4 is 35.2 Å². The normalized spacial score (nSPS) is 14.7. The third-order valence-electron chi connectivity index (χ3n) is 4.79. The fourth-order valence-corrected chi connectivity index (χ4v) is 3.37. The summed E-state index contributed by atoms with van der Waals surface area (Å²) in [5.74, 6) is -0.0126. The van der Waals surface area contributed by atoms with Gasteiger partial charge in [0.1, 0.15) is 17.2 Å². The predicted octanol–water partition coefficient (Wildman–Crippen LogP) is 2.30. The summed E-state index contributed by atoms with van der Waals surface area (Å²) in [6, 6.07) is 14.2. The number of carbonyl (C=O) groups excluding carboxylic acids is 1. The lowest BCUT2D eigenvalue weighted by atomic mass is 10.1. The number of nitrogens with two attached hydrogens (primary N) is 2. The van der Waals surface area contributed by atoms with E-state index >= 15 is 0 Å². The Morgan fingerprint density at radius 3 is 2.40 bits per heavy atom. The molecule has 2 aromatic rings. The first kappa shape index (κ1) is 25.1. The maximum absolute atomic E-state index is 11.6. The molecule has 0 aliphatic carbocycles. The Bertz CT molecular complexity index is 1160. The highest BCUT2D eigenvalue weighted by Gasteiger charge is 2.33. The van der Waals surface area contributed by atoms with E-state index in [1.54, 1.807) is 29.2 Å². The number of aliphatic imine (C=N–C) groups is 2. The van der Waals surface area contributed by atoms with Gasteiger partial charge in [-0.05, 0) is 50.2 Å². The Hall–Kier alpha value is -4.54. The van der Waals surface area contributed by atoms with Crippen LogP contribution >= 0.6 is 0 Å². The number of aliphatic carboxylic acids is 1. The number of carboxylic acids is 1. The second-order valence-corrected chi connectivity index (χ2v) is 8.00. The van der Waals surface area contributed by atoms with Gasteiger partial charge in [-0.1, -0.05) is 6.07 Å². The van der Waals surface area contributed by atoms with Crippen LogP contribution in [0.4, 0.5) is 11.4 Å². The number of ether oxygens (including phenoxy) is 2. The van der Waals surface area contributed by atoms with Gasteiger partial charge >= 0.3 is 5.97 Å². The molecule has 2 aromatic carbocycles. The van der Waals surface area contributed by atoms with Gasteiger partial charge in [-0.25, -0.2) is 9.79 Å². The highest BCUT2D eigenvalue weighted by molar-refractivity contribution is 6.05. The molecule has 11 heteroatoms. The largest absolute Gasteiger partial charge is 0.493 e. The Balaban J connectivity index is 1.45. The summed E-state index contributed by atoms with van der Waals surface area (Å²) in [4.78, 5) is 32.2. The van der Waals surface area contributed by atoms with Crippen molar-refractivity contribution in [1.29, 1.82) is 0 Å². The molecule has 1 aliphatic heterocycles. The first-order chi connectivity index (χ1) is 16.6. The van der Waals surface area contributed by atoms with Crippen LogP contribution in [0.15, 0.2) is 70.7 Å². The maximum atomic E-state index is 11.6. The molecule has 35 heavy (non-hydrogen) atoms. The van der Waals surface area contributed by atoms with Crippen molar-refractivity contribution in [2.75, 3.05) is 23.4 Å². The van der Waals surface area contributed by atoms with Gasteiger partial charge in [0, 0.05) is 36.0 Å². The minimum atomic E-state index is -1.19. The smallest absolute Gasteiger partial charge is 0.328 e. The fourth-order valence-electron chi connectivity index (χ4n) is 3.37. The standard InChI is InChI=1S/C24H28N6O5/c1-24(2)29-22(25)28-23(26)30(24)17-5-3-6-19(15-17)35-14-4-13-34-18-9-7-16(8-10-18)27-20(31)11-12-21(32)33/h3,5-12,15H,4,13-14H2,1-2H3,(H,27,31)(H,32,33)(H4,25,26,28,29)/b12-11+. The average Bonchev–Trinajstić information content (AvgIpc) is 2.77. The zero-order valence-corrected chi connectivity index (χ0v) is 19.5. The molecule has 1 aliphatic rings. The highest BCUT2D eigenvalue weighted by atomic mass is 16.5. The molecule has 3 rings (SSSR count). The van der Waals surface area contributed by atoms with Crippen LogP contribution in [-0.4, -0.2) is 47.8 Å². The number of benzene rings is 2. The summed E-state index contributed by atoms with van der Waals surface area (Å²) in [6.07, 6.45) is 2.36. The Morgan fingerprint density at radius 1 is 1.06 bits per heavy atom. The lowest BCUT2D eigenvalue weighted by molar-refractivity contribution is -0.131. The van der Waals surface area contributed by atoms with Crippen LogP contribution in [0.25, 0.3) is 0 Å². The van der Waals surface area contributed by atoms with Gasteiger partial charge in [-0.2, -0.15) is 4.99 Å². The molecule has 0 unspecified atom stereocenters. The van der Waals surface area contributed by atoms with Crippen molar-refractivity contribution in [3.8, 4) is 11.5 Å². The number of hydrogen-bond acceptors (Lipinski definition) is 9. The van der Waals surface area contributed by atoms with Gasteiger partial charge in [0.05, 0.1) is 13.2 Å². The molecule has 0 saturated heterocycles. The van der Waals surface area contributed by atoms with Gasteiger partial charge in [-0.3, -0.25) is 9.69 Å². The van der Waals surface area contributed by atoms with Gasteiger partial charge < -0.3 is 31.4 Å². The summed E-state index contributed by atoms with van der Waals surface area (Å²) in [6.45, 7) is 4.65. The number of anilines is 2.